The van der Waals surface area contributed by atoms with Crippen molar-refractivity contribution in [3.05, 3.63) is 71.9 Å². The van der Waals surface area contributed by atoms with Gasteiger partial charge in [0.05, 0.1) is 19.9 Å². The fourth-order valence-electron chi connectivity index (χ4n) is 2.50. The summed E-state index contributed by atoms with van der Waals surface area (Å²) in [5, 5.41) is 10.8. The molecule has 0 spiro atoms. The number of aromatic nitrogens is 2. The summed E-state index contributed by atoms with van der Waals surface area (Å²) >= 11 is 0. The Morgan fingerprint density at radius 1 is 1.07 bits per heavy atom. The molecule has 1 heterocycles. The van der Waals surface area contributed by atoms with Crippen LogP contribution in [0.5, 0.6) is 11.5 Å². The van der Waals surface area contributed by atoms with E-state index < -0.39 is 0 Å². The molecule has 2 N–H and O–H groups in total. The molecule has 7 nitrogen and oxygen atoms in total. The van der Waals surface area contributed by atoms with Crippen molar-refractivity contribution in [3.63, 3.8) is 0 Å². The average Bonchev–Trinajstić information content (AvgIpc) is 3.24. The highest BCUT2D eigenvalue weighted by atomic mass is 16.5. The lowest BCUT2D eigenvalue weighted by molar-refractivity contribution is 0.0950. The summed E-state index contributed by atoms with van der Waals surface area (Å²) in [7, 11) is 3.14. The van der Waals surface area contributed by atoms with E-state index in [0.717, 1.165) is 11.1 Å². The molecule has 2 aromatic carbocycles. The van der Waals surface area contributed by atoms with E-state index >= 15 is 0 Å². The zero-order valence-electron chi connectivity index (χ0n) is 15.5. The van der Waals surface area contributed by atoms with E-state index in [1.54, 1.807) is 38.5 Å². The maximum atomic E-state index is 12.2. The van der Waals surface area contributed by atoms with Crippen LogP contribution in [0.2, 0.25) is 0 Å². The van der Waals surface area contributed by atoms with Gasteiger partial charge in [-0.2, -0.15) is 10.2 Å². The Morgan fingerprint density at radius 3 is 2.61 bits per heavy atom. The van der Waals surface area contributed by atoms with Crippen LogP contribution in [0, 0.1) is 0 Å². The number of rotatable bonds is 7. The van der Waals surface area contributed by atoms with Gasteiger partial charge in [0, 0.05) is 11.8 Å². The van der Waals surface area contributed by atoms with Crippen LogP contribution in [-0.2, 0) is 0 Å². The van der Waals surface area contributed by atoms with Crippen molar-refractivity contribution in [1.29, 1.82) is 0 Å². The van der Waals surface area contributed by atoms with E-state index in [1.165, 1.54) is 6.21 Å². The van der Waals surface area contributed by atoms with Crippen LogP contribution in [0.25, 0.3) is 17.3 Å². The summed E-state index contributed by atoms with van der Waals surface area (Å²) in [5.74, 6) is 0.824. The van der Waals surface area contributed by atoms with Crippen molar-refractivity contribution < 1.29 is 14.3 Å². The van der Waals surface area contributed by atoms with Crippen molar-refractivity contribution >= 4 is 18.2 Å². The number of hydrogen-bond donors (Lipinski definition) is 2. The summed E-state index contributed by atoms with van der Waals surface area (Å²) in [6.45, 7) is 0. The molecule has 0 aliphatic rings. The van der Waals surface area contributed by atoms with Crippen LogP contribution in [0.4, 0.5) is 0 Å². The van der Waals surface area contributed by atoms with Gasteiger partial charge < -0.3 is 9.47 Å². The summed E-state index contributed by atoms with van der Waals surface area (Å²) in [6, 6.07) is 16.9. The summed E-state index contributed by atoms with van der Waals surface area (Å²) in [5.41, 5.74) is 5.21. The minimum absolute atomic E-state index is 0.300. The number of nitrogens with zero attached hydrogens (tertiary/aromatic N) is 2. The number of carbonyl (C=O) groups is 1. The molecule has 1 aromatic heterocycles. The minimum atomic E-state index is -0.386. The van der Waals surface area contributed by atoms with E-state index in [2.05, 4.69) is 20.7 Å². The zero-order chi connectivity index (χ0) is 19.8. The number of hydrogen-bond acceptors (Lipinski definition) is 5. The van der Waals surface area contributed by atoms with Gasteiger partial charge in [-0.1, -0.05) is 36.4 Å². The minimum Gasteiger partial charge on any atom is -0.493 e. The molecular weight excluding hydrogens is 356 g/mol. The zero-order valence-corrected chi connectivity index (χ0v) is 15.5. The number of carbonyl (C=O) groups excluding carboxylic acids is 1. The van der Waals surface area contributed by atoms with E-state index in [9.17, 15) is 4.79 Å². The Kier molecular flexibility index (Phi) is 6.20. The third kappa shape index (κ3) is 4.64. The summed E-state index contributed by atoms with van der Waals surface area (Å²) < 4.78 is 10.5. The molecule has 7 heteroatoms. The molecule has 0 aliphatic carbocycles. The molecular formula is C21H20N4O3. The maximum Gasteiger partial charge on any atom is 0.289 e. The number of nitrogens with one attached hydrogen (secondary N) is 2. The Morgan fingerprint density at radius 2 is 1.86 bits per heavy atom. The van der Waals surface area contributed by atoms with E-state index in [0.29, 0.717) is 22.9 Å². The van der Waals surface area contributed by atoms with Gasteiger partial charge >= 0.3 is 0 Å². The molecule has 28 heavy (non-hydrogen) atoms. The Balaban J connectivity index is 1.62. The van der Waals surface area contributed by atoms with Gasteiger partial charge in [0.25, 0.3) is 5.91 Å². The van der Waals surface area contributed by atoms with E-state index in [-0.39, 0.29) is 5.91 Å². The molecule has 0 radical (unpaired) electrons. The molecule has 0 atom stereocenters. The number of allylic oxidation sites excluding steroid dienone is 1. The predicted octanol–water partition coefficient (Wildman–Crippen LogP) is 3.52. The van der Waals surface area contributed by atoms with E-state index in [4.69, 9.17) is 9.47 Å². The fourth-order valence-corrected chi connectivity index (χ4v) is 2.50. The molecule has 0 saturated carbocycles. The van der Waals surface area contributed by atoms with Crippen LogP contribution in [0.15, 0.2) is 65.8 Å². The van der Waals surface area contributed by atoms with Crippen molar-refractivity contribution in [2.24, 2.45) is 5.10 Å². The first-order valence-corrected chi connectivity index (χ1v) is 8.54. The third-order valence-electron chi connectivity index (χ3n) is 3.92. The van der Waals surface area contributed by atoms with Gasteiger partial charge in [-0.05, 0) is 35.9 Å². The van der Waals surface area contributed by atoms with Crippen molar-refractivity contribution in [1.82, 2.24) is 15.6 Å². The van der Waals surface area contributed by atoms with Gasteiger partial charge in [0.1, 0.15) is 5.69 Å². The monoisotopic (exact) mass is 376 g/mol. The molecule has 0 fully saturated rings. The number of amides is 1. The third-order valence-corrected chi connectivity index (χ3v) is 3.92. The summed E-state index contributed by atoms with van der Waals surface area (Å²) in [6.07, 6.45) is 5.15. The number of methoxy groups -OCH3 is 2. The first-order chi connectivity index (χ1) is 13.7. The molecule has 0 saturated heterocycles. The van der Waals surface area contributed by atoms with Gasteiger partial charge in [-0.3, -0.25) is 9.89 Å². The SMILES string of the molecule is COc1ccc(-c2cc(C(=O)N/N=C\C=C\c3ccccc3)[nH]n2)cc1OC. The average molecular weight is 376 g/mol. The van der Waals surface area contributed by atoms with Crippen LogP contribution in [0.3, 0.4) is 0 Å². The highest BCUT2D eigenvalue weighted by Crippen LogP contribution is 2.31. The van der Waals surface area contributed by atoms with Gasteiger partial charge in [-0.15, -0.1) is 0 Å². The first kappa shape index (κ1) is 18.9. The topological polar surface area (TPSA) is 88.6 Å². The lowest BCUT2D eigenvalue weighted by Crippen LogP contribution is -2.17. The molecule has 142 valence electrons. The number of aromatic amines is 1. The summed E-state index contributed by atoms with van der Waals surface area (Å²) in [4.78, 5) is 12.2. The lowest BCUT2D eigenvalue weighted by atomic mass is 10.1. The quantitative estimate of drug-likeness (QED) is 0.488. The van der Waals surface area contributed by atoms with Crippen molar-refractivity contribution in [3.8, 4) is 22.8 Å². The van der Waals surface area contributed by atoms with Crippen molar-refractivity contribution in [2.75, 3.05) is 14.2 Å². The van der Waals surface area contributed by atoms with Crippen LogP contribution >= 0.6 is 0 Å². The molecule has 0 bridgehead atoms. The molecule has 0 unspecified atom stereocenters. The van der Waals surface area contributed by atoms with Gasteiger partial charge in [0.2, 0.25) is 0 Å². The second-order valence-corrected chi connectivity index (χ2v) is 5.73. The standard InChI is InChI=1S/C21H20N4O3/c1-27-19-11-10-16(13-20(19)28-2)17-14-18(24-23-17)21(26)25-22-12-6-9-15-7-4-3-5-8-15/h3-14H,1-2H3,(H,23,24)(H,25,26)/b9-6+,22-12-. The van der Waals surface area contributed by atoms with Crippen LogP contribution in [0.1, 0.15) is 16.1 Å². The smallest absolute Gasteiger partial charge is 0.289 e. The number of benzene rings is 2. The second kappa shape index (κ2) is 9.18. The Hall–Kier alpha value is -3.87. The predicted molar refractivity (Wildman–Crippen MR) is 109 cm³/mol. The van der Waals surface area contributed by atoms with Gasteiger partial charge in [0.15, 0.2) is 11.5 Å². The second-order valence-electron chi connectivity index (χ2n) is 5.73. The van der Waals surface area contributed by atoms with Gasteiger partial charge in [-0.25, -0.2) is 5.43 Å². The molecule has 3 aromatic rings. The number of ether oxygens (including phenoxy) is 2. The first-order valence-electron chi connectivity index (χ1n) is 8.54. The fraction of sp³-hybridized carbons (Fsp3) is 0.0952. The maximum absolute atomic E-state index is 12.2. The molecule has 1 amide bonds. The largest absolute Gasteiger partial charge is 0.493 e. The van der Waals surface area contributed by atoms with Crippen LogP contribution < -0.4 is 14.9 Å². The Bertz CT molecular complexity index is 994. The Labute approximate surface area is 162 Å². The van der Waals surface area contributed by atoms with Crippen LogP contribution in [-0.4, -0.2) is 36.5 Å². The molecule has 0 aliphatic heterocycles. The van der Waals surface area contributed by atoms with Crippen molar-refractivity contribution in [2.45, 2.75) is 0 Å². The lowest BCUT2D eigenvalue weighted by Gasteiger charge is -2.08. The van der Waals surface area contributed by atoms with E-state index in [1.807, 2.05) is 42.5 Å². The highest BCUT2D eigenvalue weighted by Gasteiger charge is 2.12. The number of H-pyrrole nitrogens is 1. The molecule has 3 rings (SSSR count). The number of hydrazone groups is 1. The normalized spacial score (nSPS) is 11.1. The highest BCUT2D eigenvalue weighted by molar-refractivity contribution is 5.94.